The molecule has 0 bridgehead atoms. The van der Waals surface area contributed by atoms with Crippen LogP contribution >= 0.6 is 0 Å². The molecule has 7 rings (SSSR count). The van der Waals surface area contributed by atoms with E-state index >= 15 is 0 Å². The summed E-state index contributed by atoms with van der Waals surface area (Å²) in [6.45, 7) is 0. The van der Waals surface area contributed by atoms with Crippen LogP contribution in [0.2, 0.25) is 0 Å². The van der Waals surface area contributed by atoms with Crippen molar-refractivity contribution in [3.63, 3.8) is 0 Å². The van der Waals surface area contributed by atoms with Crippen LogP contribution in [0.3, 0.4) is 0 Å². The maximum absolute atomic E-state index is 10.4. The molecule has 3 aromatic carbocycles. The van der Waals surface area contributed by atoms with Gasteiger partial charge in [0.15, 0.2) is 5.41 Å². The van der Waals surface area contributed by atoms with E-state index in [9.17, 15) is 24.9 Å². The number of carboxylic acids is 2. The Bertz CT molecular complexity index is 1680. The summed E-state index contributed by atoms with van der Waals surface area (Å²) in [6.07, 6.45) is 6.26. The van der Waals surface area contributed by atoms with Crippen LogP contribution in [0.4, 0.5) is 0 Å². The number of phenolic OH excluding ortho intramolecular Hbond substituents is 3. The van der Waals surface area contributed by atoms with Crippen molar-refractivity contribution in [1.82, 2.24) is 15.0 Å². The summed E-state index contributed by atoms with van der Waals surface area (Å²) in [5.74, 6) is -1.69. The first kappa shape index (κ1) is 42.5. The summed E-state index contributed by atoms with van der Waals surface area (Å²) in [6, 6.07) is 27.4. The number of para-hydroxylation sites is 3. The van der Waals surface area contributed by atoms with E-state index in [1.165, 1.54) is 0 Å². The monoisotopic (exact) mass is 875 g/mol. The van der Waals surface area contributed by atoms with E-state index in [0.717, 1.165) is 16.2 Å². The Hall–Kier alpha value is -4.53. The van der Waals surface area contributed by atoms with Crippen molar-refractivity contribution in [1.29, 1.82) is 0 Å². The molecule has 3 radical (unpaired) electrons. The summed E-state index contributed by atoms with van der Waals surface area (Å²) >= 11 is 0. The second kappa shape index (κ2) is 19.9. The number of aromatic hydroxyl groups is 3. The third kappa shape index (κ3) is 10.5. The van der Waals surface area contributed by atoms with Crippen LogP contribution in [-0.2, 0) is 30.7 Å². The fourth-order valence-corrected chi connectivity index (χ4v) is 4.31. The molecular formula is C33H33GaN5O7Pt. The molecule has 3 aromatic heterocycles. The van der Waals surface area contributed by atoms with E-state index in [2.05, 4.69) is 15.0 Å². The number of nitrogens with two attached hydrogens (primary N) is 2. The fraction of sp³-hybridized carbons (Fsp3) is 0.121. The number of benzene rings is 3. The zero-order chi connectivity index (χ0) is 30.8. The number of nitrogens with zero attached hydrogens (tertiary/aromatic N) is 3. The van der Waals surface area contributed by atoms with E-state index in [4.69, 9.17) is 10.2 Å². The summed E-state index contributed by atoms with van der Waals surface area (Å²) in [7, 11) is 0. The van der Waals surface area contributed by atoms with Crippen molar-refractivity contribution in [2.75, 3.05) is 0 Å². The molecule has 47 heavy (non-hydrogen) atoms. The topological polar surface area (TPSA) is 241 Å². The number of hydrogen-bond donors (Lipinski definition) is 5. The molecule has 12 nitrogen and oxygen atoms in total. The Kier molecular flexibility index (Phi) is 18.0. The maximum Gasteiger partial charge on any atom is 2.00 e. The molecule has 14 heteroatoms. The van der Waals surface area contributed by atoms with Crippen LogP contribution in [0, 0.1) is 5.41 Å². The summed E-state index contributed by atoms with van der Waals surface area (Å²) in [5, 5.41) is 47.8. The number of aliphatic carboxylic acids is 2. The number of fused-ring (bicyclic) bond motifs is 3. The van der Waals surface area contributed by atoms with Crippen LogP contribution < -0.4 is 0 Å². The maximum atomic E-state index is 10.4. The van der Waals surface area contributed by atoms with Gasteiger partial charge in [-0.3, -0.25) is 24.5 Å². The van der Waals surface area contributed by atoms with Gasteiger partial charge in [-0.25, -0.2) is 0 Å². The Morgan fingerprint density at radius 1 is 0.532 bits per heavy atom. The third-order valence-electron chi connectivity index (χ3n) is 6.86. The van der Waals surface area contributed by atoms with Crippen LogP contribution in [0.5, 0.6) is 17.2 Å². The molecule has 1 saturated carbocycles. The standard InChI is InChI=1S/3C9H7NO.C6H8O4.Ga.2H2N.Pt/c3*11-8-5-1-3-7-4-2-6-10-9(7)8;7-4(8)6(5(9)10)2-1-3-6;;;;/h3*1-6,11H;1-3H2,(H,7,8)(H,9,10);;2*1H2;/q;;;;;2*-1;+2. The average Bonchev–Trinajstić information content (AvgIpc) is 2.98. The van der Waals surface area contributed by atoms with Gasteiger partial charge in [-0.2, -0.15) is 0 Å². The normalized spacial score (nSPS) is 11.7. The number of hydrogen-bond acceptors (Lipinski definition) is 8. The van der Waals surface area contributed by atoms with Crippen LogP contribution in [-0.4, -0.2) is 72.2 Å². The van der Waals surface area contributed by atoms with Crippen molar-refractivity contribution in [3.8, 4) is 17.2 Å². The molecule has 1 aliphatic carbocycles. The van der Waals surface area contributed by atoms with Crippen LogP contribution in [0.1, 0.15) is 19.3 Å². The Morgan fingerprint density at radius 2 is 0.809 bits per heavy atom. The Balaban J connectivity index is 0.000000584. The molecule has 1 fully saturated rings. The number of aromatic nitrogens is 3. The Labute approximate surface area is 298 Å². The van der Waals surface area contributed by atoms with Gasteiger partial charge in [0, 0.05) is 54.5 Å². The minimum absolute atomic E-state index is 0. The molecule has 9 N–H and O–H groups in total. The van der Waals surface area contributed by atoms with Gasteiger partial charge in [0.05, 0.1) is 0 Å². The second-order valence-corrected chi connectivity index (χ2v) is 9.60. The number of pyridine rings is 3. The molecule has 0 aliphatic heterocycles. The summed E-state index contributed by atoms with van der Waals surface area (Å²) < 4.78 is 0. The zero-order valence-corrected chi connectivity index (χ0v) is 29.7. The first-order chi connectivity index (χ1) is 20.7. The van der Waals surface area contributed by atoms with E-state index in [1.807, 2.05) is 54.6 Å². The van der Waals surface area contributed by atoms with Crippen LogP contribution in [0.25, 0.3) is 45.0 Å². The van der Waals surface area contributed by atoms with Gasteiger partial charge in [-0.05, 0) is 55.7 Å². The molecule has 245 valence electrons. The van der Waals surface area contributed by atoms with E-state index in [0.29, 0.717) is 23.0 Å². The van der Waals surface area contributed by atoms with Gasteiger partial charge in [0.1, 0.15) is 33.8 Å². The predicted molar refractivity (Wildman–Crippen MR) is 178 cm³/mol. The van der Waals surface area contributed by atoms with Gasteiger partial charge in [-0.1, -0.05) is 54.6 Å². The summed E-state index contributed by atoms with van der Waals surface area (Å²) in [4.78, 5) is 32.8. The van der Waals surface area contributed by atoms with Crippen molar-refractivity contribution < 1.29 is 56.2 Å². The van der Waals surface area contributed by atoms with Gasteiger partial charge in [-0.15, -0.1) is 0 Å². The average molecular weight is 876 g/mol. The molecule has 0 atom stereocenters. The number of phenols is 3. The first-order valence-corrected chi connectivity index (χ1v) is 13.3. The fourth-order valence-electron chi connectivity index (χ4n) is 4.31. The second-order valence-electron chi connectivity index (χ2n) is 9.60. The number of carbonyl (C=O) groups is 2. The first-order valence-electron chi connectivity index (χ1n) is 13.3. The summed E-state index contributed by atoms with van der Waals surface area (Å²) in [5.41, 5.74) is 0.542. The van der Waals surface area contributed by atoms with Crippen molar-refractivity contribution in [2.45, 2.75) is 19.3 Å². The van der Waals surface area contributed by atoms with Crippen molar-refractivity contribution in [3.05, 3.63) is 122 Å². The van der Waals surface area contributed by atoms with E-state index in [-0.39, 0.29) is 83.2 Å². The van der Waals surface area contributed by atoms with E-state index < -0.39 is 17.4 Å². The molecule has 0 spiro atoms. The van der Waals surface area contributed by atoms with Gasteiger partial charge < -0.3 is 37.8 Å². The van der Waals surface area contributed by atoms with Gasteiger partial charge in [0.25, 0.3) is 0 Å². The molecule has 6 aromatic rings. The molecule has 0 amide bonds. The minimum Gasteiger partial charge on any atom is -0.693 e. The smallest absolute Gasteiger partial charge is 0.693 e. The molecule has 1 aliphatic rings. The molecule has 0 unspecified atom stereocenters. The third-order valence-corrected chi connectivity index (χ3v) is 6.86. The predicted octanol–water partition coefficient (Wildman–Crippen LogP) is 7.20. The quantitative estimate of drug-likeness (QED) is 0.0866. The molecular weight excluding hydrogens is 843 g/mol. The SMILES string of the molecule is O=C(O)C1(C(=O)O)CCC1.Oc1cccc2cccnc12.Oc1cccc2cccnc12.Oc1cccc2cccnc12.[Ga].[NH2-].[NH2-].[Pt+2]. The van der Waals surface area contributed by atoms with Crippen molar-refractivity contribution in [2.24, 2.45) is 5.41 Å². The van der Waals surface area contributed by atoms with Gasteiger partial charge in [0.2, 0.25) is 0 Å². The van der Waals surface area contributed by atoms with Gasteiger partial charge >= 0.3 is 33.0 Å². The minimum atomic E-state index is -1.44. The molecule has 3 heterocycles. The van der Waals surface area contributed by atoms with Crippen molar-refractivity contribution >= 4 is 64.4 Å². The zero-order valence-electron chi connectivity index (χ0n) is 25.0. The van der Waals surface area contributed by atoms with E-state index in [1.54, 1.807) is 55.0 Å². The number of rotatable bonds is 2. The Morgan fingerprint density at radius 3 is 1.00 bits per heavy atom. The largest absolute Gasteiger partial charge is 2.00 e. The van der Waals surface area contributed by atoms with Crippen LogP contribution in [0.15, 0.2) is 110 Å². The number of carboxylic acid groups (broad SMARTS) is 2. The molecule has 0 saturated heterocycles.